The van der Waals surface area contributed by atoms with E-state index in [0.717, 1.165) is 16.7 Å². The molecule has 26 heavy (non-hydrogen) atoms. The first-order chi connectivity index (χ1) is 12.7. The fraction of sp³-hybridized carbons (Fsp3) is 0.200. The molecule has 0 spiro atoms. The lowest BCUT2D eigenvalue weighted by Crippen LogP contribution is -2.30. The van der Waals surface area contributed by atoms with Gasteiger partial charge in [0.2, 0.25) is 0 Å². The SMILES string of the molecule is O=C(COc1cccc(Cl)c1)NCCCOc1cccc2cccnc12. The normalized spacial score (nSPS) is 10.5. The molecule has 0 atom stereocenters. The number of hydrogen-bond donors (Lipinski definition) is 1. The highest BCUT2D eigenvalue weighted by Gasteiger charge is 2.04. The first kappa shape index (κ1) is 18.0. The average molecular weight is 371 g/mol. The molecule has 134 valence electrons. The zero-order valence-electron chi connectivity index (χ0n) is 14.2. The van der Waals surface area contributed by atoms with E-state index in [1.807, 2.05) is 30.3 Å². The van der Waals surface area contributed by atoms with Crippen molar-refractivity contribution in [2.45, 2.75) is 6.42 Å². The van der Waals surface area contributed by atoms with Crippen molar-refractivity contribution in [1.29, 1.82) is 0 Å². The molecule has 6 heteroatoms. The van der Waals surface area contributed by atoms with Gasteiger partial charge in [-0.2, -0.15) is 0 Å². The van der Waals surface area contributed by atoms with E-state index in [0.29, 0.717) is 30.3 Å². The Morgan fingerprint density at radius 2 is 1.92 bits per heavy atom. The third-order valence-corrected chi connectivity index (χ3v) is 3.90. The topological polar surface area (TPSA) is 60.5 Å². The molecule has 1 heterocycles. The van der Waals surface area contributed by atoms with Crippen LogP contribution in [0.2, 0.25) is 5.02 Å². The van der Waals surface area contributed by atoms with Crippen LogP contribution in [0.15, 0.2) is 60.8 Å². The van der Waals surface area contributed by atoms with E-state index in [1.54, 1.807) is 30.5 Å². The number of hydrogen-bond acceptors (Lipinski definition) is 4. The number of nitrogens with one attached hydrogen (secondary N) is 1. The van der Waals surface area contributed by atoms with Gasteiger partial charge >= 0.3 is 0 Å². The molecule has 3 rings (SSSR count). The first-order valence-corrected chi connectivity index (χ1v) is 8.72. The number of para-hydroxylation sites is 1. The summed E-state index contributed by atoms with van der Waals surface area (Å²) in [5.41, 5.74) is 0.842. The number of fused-ring (bicyclic) bond motifs is 1. The minimum absolute atomic E-state index is 0.0472. The van der Waals surface area contributed by atoms with Gasteiger partial charge < -0.3 is 14.8 Å². The van der Waals surface area contributed by atoms with Crippen molar-refractivity contribution in [3.63, 3.8) is 0 Å². The molecule has 0 aliphatic rings. The number of pyridine rings is 1. The summed E-state index contributed by atoms with van der Waals surface area (Å²) >= 11 is 5.87. The lowest BCUT2D eigenvalue weighted by atomic mass is 10.2. The molecule has 0 saturated heterocycles. The number of nitrogens with zero attached hydrogens (tertiary/aromatic N) is 1. The molecule has 0 unspecified atom stereocenters. The number of halogens is 1. The number of carbonyl (C=O) groups excluding carboxylic acids is 1. The molecule has 5 nitrogen and oxygen atoms in total. The Morgan fingerprint density at radius 3 is 2.81 bits per heavy atom. The fourth-order valence-electron chi connectivity index (χ4n) is 2.43. The number of aromatic nitrogens is 1. The van der Waals surface area contributed by atoms with Gasteiger partial charge in [-0.05, 0) is 36.8 Å². The molecule has 3 aromatic rings. The fourth-order valence-corrected chi connectivity index (χ4v) is 2.61. The van der Waals surface area contributed by atoms with Crippen LogP contribution in [0.4, 0.5) is 0 Å². The van der Waals surface area contributed by atoms with Crippen LogP contribution in [0.3, 0.4) is 0 Å². The number of benzene rings is 2. The maximum absolute atomic E-state index is 11.8. The van der Waals surface area contributed by atoms with Gasteiger partial charge in [0.15, 0.2) is 6.61 Å². The van der Waals surface area contributed by atoms with Crippen molar-refractivity contribution in [1.82, 2.24) is 10.3 Å². The monoisotopic (exact) mass is 370 g/mol. The quantitative estimate of drug-likeness (QED) is 0.612. The summed E-state index contributed by atoms with van der Waals surface area (Å²) in [6, 6.07) is 16.7. The van der Waals surface area contributed by atoms with Crippen LogP contribution in [0, 0.1) is 0 Å². The number of carbonyl (C=O) groups is 1. The molecule has 0 aliphatic carbocycles. The molecule has 0 aliphatic heterocycles. The number of rotatable bonds is 8. The van der Waals surface area contributed by atoms with Crippen molar-refractivity contribution < 1.29 is 14.3 Å². The molecule has 0 radical (unpaired) electrons. The van der Waals surface area contributed by atoms with Crippen molar-refractivity contribution in [2.75, 3.05) is 19.8 Å². The van der Waals surface area contributed by atoms with Crippen LogP contribution in [-0.2, 0) is 4.79 Å². The van der Waals surface area contributed by atoms with E-state index in [-0.39, 0.29) is 12.5 Å². The second-order valence-electron chi connectivity index (χ2n) is 5.63. The lowest BCUT2D eigenvalue weighted by Gasteiger charge is -2.10. The molecule has 0 bridgehead atoms. The van der Waals surface area contributed by atoms with E-state index in [4.69, 9.17) is 21.1 Å². The molecule has 2 aromatic carbocycles. The van der Waals surface area contributed by atoms with Crippen LogP contribution in [0.5, 0.6) is 11.5 Å². The Labute approximate surface area is 156 Å². The Morgan fingerprint density at radius 1 is 1.08 bits per heavy atom. The second-order valence-corrected chi connectivity index (χ2v) is 6.07. The minimum Gasteiger partial charge on any atom is -0.491 e. The predicted molar refractivity (Wildman–Crippen MR) is 102 cm³/mol. The average Bonchev–Trinajstić information content (AvgIpc) is 2.66. The molecule has 1 N–H and O–H groups in total. The van der Waals surface area contributed by atoms with Gasteiger partial charge in [0.25, 0.3) is 5.91 Å². The van der Waals surface area contributed by atoms with Gasteiger partial charge in [-0.15, -0.1) is 0 Å². The maximum atomic E-state index is 11.8. The Balaban J connectivity index is 1.37. The van der Waals surface area contributed by atoms with Crippen LogP contribution >= 0.6 is 11.6 Å². The Hall–Kier alpha value is -2.79. The molecule has 0 fully saturated rings. The van der Waals surface area contributed by atoms with Crippen LogP contribution in [-0.4, -0.2) is 30.6 Å². The van der Waals surface area contributed by atoms with E-state index >= 15 is 0 Å². The maximum Gasteiger partial charge on any atom is 0.257 e. The summed E-state index contributed by atoms with van der Waals surface area (Å²) in [5, 5.41) is 4.41. The lowest BCUT2D eigenvalue weighted by molar-refractivity contribution is -0.123. The molecule has 0 saturated carbocycles. The van der Waals surface area contributed by atoms with Crippen molar-refractivity contribution in [3.8, 4) is 11.5 Å². The predicted octanol–water partition coefficient (Wildman–Crippen LogP) is 3.85. The number of ether oxygens (including phenoxy) is 2. The van der Waals surface area contributed by atoms with E-state index in [2.05, 4.69) is 10.3 Å². The van der Waals surface area contributed by atoms with Crippen LogP contribution < -0.4 is 14.8 Å². The van der Waals surface area contributed by atoms with E-state index in [9.17, 15) is 4.79 Å². The van der Waals surface area contributed by atoms with Crippen molar-refractivity contribution >= 4 is 28.4 Å². The molecule has 1 amide bonds. The highest BCUT2D eigenvalue weighted by atomic mass is 35.5. The highest BCUT2D eigenvalue weighted by molar-refractivity contribution is 6.30. The first-order valence-electron chi connectivity index (χ1n) is 8.34. The van der Waals surface area contributed by atoms with Gasteiger partial charge in [-0.25, -0.2) is 0 Å². The molecule has 1 aromatic heterocycles. The summed E-state index contributed by atoms with van der Waals surface area (Å²) in [7, 11) is 0. The molecular weight excluding hydrogens is 352 g/mol. The zero-order valence-corrected chi connectivity index (χ0v) is 14.9. The summed E-state index contributed by atoms with van der Waals surface area (Å²) in [6.07, 6.45) is 2.43. The summed E-state index contributed by atoms with van der Waals surface area (Å²) in [4.78, 5) is 16.1. The number of amides is 1. The summed E-state index contributed by atoms with van der Waals surface area (Å²) < 4.78 is 11.2. The third-order valence-electron chi connectivity index (χ3n) is 3.66. The minimum atomic E-state index is -0.184. The van der Waals surface area contributed by atoms with Gasteiger partial charge in [-0.1, -0.05) is 35.9 Å². The highest BCUT2D eigenvalue weighted by Crippen LogP contribution is 2.22. The van der Waals surface area contributed by atoms with Crippen LogP contribution in [0.25, 0.3) is 10.9 Å². The van der Waals surface area contributed by atoms with Gasteiger partial charge in [0.05, 0.1) is 6.61 Å². The zero-order chi connectivity index (χ0) is 18.2. The van der Waals surface area contributed by atoms with Gasteiger partial charge in [0, 0.05) is 23.2 Å². The van der Waals surface area contributed by atoms with Gasteiger partial charge in [-0.3, -0.25) is 9.78 Å². The van der Waals surface area contributed by atoms with Crippen LogP contribution in [0.1, 0.15) is 6.42 Å². The second kappa shape index (κ2) is 9.06. The molecular formula is C20H19ClN2O3. The third kappa shape index (κ3) is 5.10. The van der Waals surface area contributed by atoms with Crippen molar-refractivity contribution in [3.05, 3.63) is 65.8 Å². The summed E-state index contributed by atoms with van der Waals surface area (Å²) in [5.74, 6) is 1.13. The summed E-state index contributed by atoms with van der Waals surface area (Å²) in [6.45, 7) is 0.954. The largest absolute Gasteiger partial charge is 0.491 e. The Kier molecular flexibility index (Phi) is 6.28. The van der Waals surface area contributed by atoms with Gasteiger partial charge in [0.1, 0.15) is 17.0 Å². The smallest absolute Gasteiger partial charge is 0.257 e. The van der Waals surface area contributed by atoms with E-state index in [1.165, 1.54) is 0 Å². The van der Waals surface area contributed by atoms with E-state index < -0.39 is 0 Å². The standard InChI is InChI=1S/C20H19ClN2O3/c21-16-7-2-8-17(13-16)26-14-19(24)22-11-4-12-25-18-9-1-5-15-6-3-10-23-20(15)18/h1-3,5-10,13H,4,11-12,14H2,(H,22,24). The Bertz CT molecular complexity index is 880. The van der Waals surface area contributed by atoms with Crippen molar-refractivity contribution in [2.24, 2.45) is 0 Å².